The Morgan fingerprint density at radius 2 is 2.04 bits per heavy atom. The molecule has 0 bridgehead atoms. The summed E-state index contributed by atoms with van der Waals surface area (Å²) in [6, 6.07) is 14.7. The van der Waals surface area contributed by atoms with E-state index in [4.69, 9.17) is 5.10 Å². The van der Waals surface area contributed by atoms with E-state index < -0.39 is 0 Å². The first kappa shape index (κ1) is 15.1. The van der Waals surface area contributed by atoms with Gasteiger partial charge in [0.2, 0.25) is 0 Å². The van der Waals surface area contributed by atoms with Gasteiger partial charge in [-0.3, -0.25) is 0 Å². The predicted octanol–water partition coefficient (Wildman–Crippen LogP) is 5.21. The predicted molar refractivity (Wildman–Crippen MR) is 102 cm³/mol. The molecule has 0 aliphatic rings. The Kier molecular flexibility index (Phi) is 4.17. The Morgan fingerprint density at radius 3 is 2.92 bits per heavy atom. The number of nitrogens with zero attached hydrogens (tertiary/aromatic N) is 3. The first-order valence-electron chi connectivity index (χ1n) is 8.43. The number of nitrogens with one attached hydrogen (secondary N) is 1. The molecule has 24 heavy (non-hydrogen) atoms. The van der Waals surface area contributed by atoms with Gasteiger partial charge in [-0.05, 0) is 36.1 Å². The van der Waals surface area contributed by atoms with Crippen LogP contribution in [0.15, 0.2) is 48.7 Å². The van der Waals surface area contributed by atoms with Gasteiger partial charge >= 0.3 is 0 Å². The van der Waals surface area contributed by atoms with Gasteiger partial charge in [-0.25, -0.2) is 9.50 Å². The van der Waals surface area contributed by atoms with Crippen LogP contribution in [0.2, 0.25) is 0 Å². The van der Waals surface area contributed by atoms with Crippen LogP contribution < -0.4 is 5.32 Å². The van der Waals surface area contributed by atoms with Crippen molar-refractivity contribution in [2.75, 3.05) is 11.9 Å². The van der Waals surface area contributed by atoms with Crippen LogP contribution in [0.25, 0.3) is 26.3 Å². The van der Waals surface area contributed by atoms with E-state index >= 15 is 0 Å². The molecule has 1 N–H and O–H groups in total. The van der Waals surface area contributed by atoms with Crippen LogP contribution in [-0.2, 0) is 0 Å². The number of fused-ring (bicyclic) bond motifs is 2. The maximum absolute atomic E-state index is 4.73. The van der Waals surface area contributed by atoms with E-state index in [9.17, 15) is 0 Å². The standard InChI is InChI=1S/C19H20N4S/c1-2-3-6-11-20-18-9-10-19-21-13-15(23(19)22-18)17-12-14-7-4-5-8-16(14)24-17/h4-5,7-10,12-13H,2-3,6,11H2,1H3,(H,20,22). The molecule has 4 aromatic rings. The fourth-order valence-corrected chi connectivity index (χ4v) is 3.89. The summed E-state index contributed by atoms with van der Waals surface area (Å²) in [5.41, 5.74) is 1.92. The first-order chi connectivity index (χ1) is 11.8. The van der Waals surface area contributed by atoms with Gasteiger partial charge in [-0.2, -0.15) is 0 Å². The second kappa shape index (κ2) is 6.61. The summed E-state index contributed by atoms with van der Waals surface area (Å²) in [7, 11) is 0. The molecule has 0 atom stereocenters. The van der Waals surface area contributed by atoms with Crippen molar-refractivity contribution in [3.05, 3.63) is 48.7 Å². The molecule has 0 unspecified atom stereocenters. The summed E-state index contributed by atoms with van der Waals surface area (Å²) in [5.74, 6) is 0.902. The van der Waals surface area contributed by atoms with Gasteiger partial charge in [0.15, 0.2) is 5.65 Å². The maximum atomic E-state index is 4.73. The number of imidazole rings is 1. The molecule has 0 amide bonds. The molecule has 0 saturated heterocycles. The van der Waals surface area contributed by atoms with E-state index in [1.807, 2.05) is 22.8 Å². The maximum Gasteiger partial charge on any atom is 0.154 e. The highest BCUT2D eigenvalue weighted by molar-refractivity contribution is 7.22. The molecule has 3 heterocycles. The third-order valence-electron chi connectivity index (χ3n) is 4.13. The van der Waals surface area contributed by atoms with Crippen LogP contribution in [-0.4, -0.2) is 21.1 Å². The van der Waals surface area contributed by atoms with Crippen LogP contribution in [0.5, 0.6) is 0 Å². The number of hydrogen-bond acceptors (Lipinski definition) is 4. The SMILES string of the molecule is CCCCCNc1ccc2ncc(-c3cc4ccccc4s3)n2n1. The summed E-state index contributed by atoms with van der Waals surface area (Å²) in [6.45, 7) is 3.17. The molecule has 5 heteroatoms. The quantitative estimate of drug-likeness (QED) is 0.491. The average Bonchev–Trinajstić information content (AvgIpc) is 3.21. The zero-order chi connectivity index (χ0) is 16.4. The minimum absolute atomic E-state index is 0.876. The largest absolute Gasteiger partial charge is 0.369 e. The summed E-state index contributed by atoms with van der Waals surface area (Å²) in [5, 5.41) is 9.40. The van der Waals surface area contributed by atoms with Crippen LogP contribution in [0.4, 0.5) is 5.82 Å². The van der Waals surface area contributed by atoms with Gasteiger partial charge in [-0.1, -0.05) is 38.0 Å². The van der Waals surface area contributed by atoms with Crippen molar-refractivity contribution >= 4 is 32.9 Å². The summed E-state index contributed by atoms with van der Waals surface area (Å²) in [6.07, 6.45) is 5.55. The second-order valence-corrected chi connectivity index (χ2v) is 7.00. The Morgan fingerprint density at radius 1 is 1.12 bits per heavy atom. The van der Waals surface area contributed by atoms with Gasteiger partial charge in [0.05, 0.1) is 11.1 Å². The molecule has 122 valence electrons. The first-order valence-corrected chi connectivity index (χ1v) is 9.24. The molecular weight excluding hydrogens is 316 g/mol. The highest BCUT2D eigenvalue weighted by Crippen LogP contribution is 2.33. The van der Waals surface area contributed by atoms with Crippen LogP contribution in [0, 0.1) is 0 Å². The lowest BCUT2D eigenvalue weighted by atomic mass is 10.2. The van der Waals surface area contributed by atoms with Crippen molar-refractivity contribution in [1.82, 2.24) is 14.6 Å². The number of thiophene rings is 1. The molecule has 0 spiro atoms. The van der Waals surface area contributed by atoms with E-state index in [0.29, 0.717) is 0 Å². The van der Waals surface area contributed by atoms with Crippen molar-refractivity contribution in [3.63, 3.8) is 0 Å². The third-order valence-corrected chi connectivity index (χ3v) is 5.27. The van der Waals surface area contributed by atoms with Crippen LogP contribution >= 0.6 is 11.3 Å². The fourth-order valence-electron chi connectivity index (χ4n) is 2.84. The minimum atomic E-state index is 0.876. The number of rotatable bonds is 6. The summed E-state index contributed by atoms with van der Waals surface area (Å²) in [4.78, 5) is 5.69. The van der Waals surface area contributed by atoms with Crippen LogP contribution in [0.1, 0.15) is 26.2 Å². The number of unbranched alkanes of at least 4 members (excludes halogenated alkanes) is 2. The minimum Gasteiger partial charge on any atom is -0.369 e. The summed E-state index contributed by atoms with van der Waals surface area (Å²) >= 11 is 1.78. The molecule has 4 nitrogen and oxygen atoms in total. The van der Waals surface area contributed by atoms with Crippen molar-refractivity contribution in [3.8, 4) is 10.6 Å². The van der Waals surface area contributed by atoms with E-state index in [1.165, 1.54) is 34.2 Å². The third kappa shape index (κ3) is 2.87. The van der Waals surface area contributed by atoms with Crippen molar-refractivity contribution in [1.29, 1.82) is 0 Å². The Labute approximate surface area is 145 Å². The van der Waals surface area contributed by atoms with Gasteiger partial charge in [-0.15, -0.1) is 16.4 Å². The van der Waals surface area contributed by atoms with Gasteiger partial charge in [0.1, 0.15) is 11.5 Å². The molecule has 0 aliphatic heterocycles. The highest BCUT2D eigenvalue weighted by atomic mass is 32.1. The lowest BCUT2D eigenvalue weighted by Gasteiger charge is -2.06. The lowest BCUT2D eigenvalue weighted by Crippen LogP contribution is -2.05. The van der Waals surface area contributed by atoms with Gasteiger partial charge < -0.3 is 5.32 Å². The number of anilines is 1. The molecule has 1 aromatic carbocycles. The topological polar surface area (TPSA) is 42.2 Å². The second-order valence-electron chi connectivity index (χ2n) is 5.91. The molecule has 0 radical (unpaired) electrons. The lowest BCUT2D eigenvalue weighted by molar-refractivity contribution is 0.740. The van der Waals surface area contributed by atoms with Gasteiger partial charge in [0.25, 0.3) is 0 Å². The van der Waals surface area contributed by atoms with Crippen molar-refractivity contribution < 1.29 is 0 Å². The Bertz CT molecular complexity index is 937. The zero-order valence-corrected chi connectivity index (χ0v) is 14.5. The zero-order valence-electron chi connectivity index (χ0n) is 13.7. The number of hydrogen-bond donors (Lipinski definition) is 1. The average molecular weight is 336 g/mol. The molecular formula is C19H20N4S. The molecule has 0 aliphatic carbocycles. The molecule has 0 fully saturated rings. The number of aromatic nitrogens is 3. The monoisotopic (exact) mass is 336 g/mol. The normalized spacial score (nSPS) is 11.4. The van der Waals surface area contributed by atoms with E-state index in [2.05, 4.69) is 47.6 Å². The molecule has 3 aromatic heterocycles. The molecule has 0 saturated carbocycles. The Balaban J connectivity index is 1.67. The van der Waals surface area contributed by atoms with Crippen molar-refractivity contribution in [2.24, 2.45) is 0 Å². The van der Waals surface area contributed by atoms with E-state index in [1.54, 1.807) is 11.3 Å². The van der Waals surface area contributed by atoms with Crippen molar-refractivity contribution in [2.45, 2.75) is 26.2 Å². The number of benzene rings is 1. The highest BCUT2D eigenvalue weighted by Gasteiger charge is 2.11. The fraction of sp³-hybridized carbons (Fsp3) is 0.263. The summed E-state index contributed by atoms with van der Waals surface area (Å²) < 4.78 is 3.23. The van der Waals surface area contributed by atoms with Crippen LogP contribution in [0.3, 0.4) is 0 Å². The van der Waals surface area contributed by atoms with E-state index in [-0.39, 0.29) is 0 Å². The van der Waals surface area contributed by atoms with E-state index in [0.717, 1.165) is 23.7 Å². The molecule has 4 rings (SSSR count). The van der Waals surface area contributed by atoms with Gasteiger partial charge in [0, 0.05) is 11.2 Å². The smallest absolute Gasteiger partial charge is 0.154 e. The Hall–Kier alpha value is -2.40.